The maximum absolute atomic E-state index is 12.7. The van der Waals surface area contributed by atoms with Gasteiger partial charge >= 0.3 is 0 Å². The van der Waals surface area contributed by atoms with E-state index in [-0.39, 0.29) is 5.91 Å². The number of nitrogens with one attached hydrogen (secondary N) is 2. The summed E-state index contributed by atoms with van der Waals surface area (Å²) in [5, 5.41) is 4.06. The van der Waals surface area contributed by atoms with Gasteiger partial charge in [-0.2, -0.15) is 0 Å². The van der Waals surface area contributed by atoms with E-state index in [4.69, 9.17) is 14.2 Å². The zero-order valence-electron chi connectivity index (χ0n) is 16.5. The normalized spacial score (nSPS) is 10.7. The van der Waals surface area contributed by atoms with Crippen molar-refractivity contribution in [1.82, 2.24) is 10.3 Å². The maximum Gasteiger partial charge on any atom is 0.251 e. The predicted octanol–water partition coefficient (Wildman–Crippen LogP) is 4.29. The van der Waals surface area contributed by atoms with E-state index in [0.29, 0.717) is 49.2 Å². The minimum Gasteiger partial charge on any atom is -0.490 e. The van der Waals surface area contributed by atoms with E-state index in [2.05, 4.69) is 10.3 Å². The van der Waals surface area contributed by atoms with Crippen LogP contribution in [0.25, 0.3) is 10.9 Å². The second-order valence-corrected chi connectivity index (χ2v) is 6.17. The zero-order chi connectivity index (χ0) is 19.9. The Hall–Kier alpha value is -3.15. The van der Waals surface area contributed by atoms with E-state index in [0.717, 1.165) is 16.6 Å². The van der Waals surface area contributed by atoms with Crippen molar-refractivity contribution in [3.8, 4) is 17.2 Å². The van der Waals surface area contributed by atoms with Crippen LogP contribution in [0.3, 0.4) is 0 Å². The van der Waals surface area contributed by atoms with Gasteiger partial charge < -0.3 is 24.5 Å². The van der Waals surface area contributed by atoms with Crippen molar-refractivity contribution in [1.29, 1.82) is 0 Å². The molecule has 0 saturated heterocycles. The summed E-state index contributed by atoms with van der Waals surface area (Å²) in [6, 6.07) is 13.4. The van der Waals surface area contributed by atoms with Gasteiger partial charge in [-0.3, -0.25) is 4.79 Å². The number of aromatic nitrogens is 1. The van der Waals surface area contributed by atoms with Gasteiger partial charge in [-0.15, -0.1) is 0 Å². The van der Waals surface area contributed by atoms with Crippen molar-refractivity contribution in [3.63, 3.8) is 0 Å². The molecule has 6 nitrogen and oxygen atoms in total. The number of amides is 1. The second-order valence-electron chi connectivity index (χ2n) is 6.17. The zero-order valence-corrected chi connectivity index (χ0v) is 16.5. The fraction of sp³-hybridized carbons (Fsp3) is 0.318. The maximum atomic E-state index is 12.7. The lowest BCUT2D eigenvalue weighted by Gasteiger charge is -2.17. The monoisotopic (exact) mass is 382 g/mol. The summed E-state index contributed by atoms with van der Waals surface area (Å²) in [6.07, 6.45) is 0. The van der Waals surface area contributed by atoms with E-state index in [9.17, 15) is 4.79 Å². The third kappa shape index (κ3) is 4.39. The largest absolute Gasteiger partial charge is 0.490 e. The highest BCUT2D eigenvalue weighted by atomic mass is 16.5. The highest BCUT2D eigenvalue weighted by molar-refractivity contribution is 5.95. The number of hydrogen-bond donors (Lipinski definition) is 2. The third-order valence-corrected chi connectivity index (χ3v) is 4.20. The minimum absolute atomic E-state index is 0.205. The topological polar surface area (TPSA) is 72.6 Å². The summed E-state index contributed by atoms with van der Waals surface area (Å²) < 4.78 is 17.0. The summed E-state index contributed by atoms with van der Waals surface area (Å²) >= 11 is 0. The lowest BCUT2D eigenvalue weighted by Crippen LogP contribution is -2.23. The molecular weight excluding hydrogens is 356 g/mol. The van der Waals surface area contributed by atoms with Crippen LogP contribution in [0.4, 0.5) is 0 Å². The smallest absolute Gasteiger partial charge is 0.251 e. The van der Waals surface area contributed by atoms with Crippen molar-refractivity contribution in [2.45, 2.75) is 27.3 Å². The first-order valence-electron chi connectivity index (χ1n) is 9.57. The molecule has 1 aromatic heterocycles. The molecule has 0 atom stereocenters. The number of rotatable bonds is 9. The van der Waals surface area contributed by atoms with Gasteiger partial charge in [-0.25, -0.2) is 0 Å². The number of ether oxygens (including phenoxy) is 3. The molecule has 0 radical (unpaired) electrons. The van der Waals surface area contributed by atoms with Crippen molar-refractivity contribution < 1.29 is 19.0 Å². The summed E-state index contributed by atoms with van der Waals surface area (Å²) in [5.74, 6) is 1.33. The van der Waals surface area contributed by atoms with Crippen molar-refractivity contribution in [3.05, 3.63) is 53.7 Å². The van der Waals surface area contributed by atoms with Gasteiger partial charge in [-0.1, -0.05) is 18.2 Å². The Morgan fingerprint density at radius 3 is 2.18 bits per heavy atom. The predicted molar refractivity (Wildman–Crippen MR) is 109 cm³/mol. The summed E-state index contributed by atoms with van der Waals surface area (Å²) in [6.45, 7) is 7.47. The molecule has 1 heterocycles. The van der Waals surface area contributed by atoms with Crippen LogP contribution < -0.4 is 19.5 Å². The number of aromatic amines is 1. The summed E-state index contributed by atoms with van der Waals surface area (Å²) in [7, 11) is 0. The van der Waals surface area contributed by atoms with Crippen LogP contribution in [0.2, 0.25) is 0 Å². The van der Waals surface area contributed by atoms with Crippen molar-refractivity contribution in [2.24, 2.45) is 0 Å². The molecule has 0 unspecified atom stereocenters. The van der Waals surface area contributed by atoms with Crippen LogP contribution in [-0.4, -0.2) is 30.7 Å². The highest BCUT2D eigenvalue weighted by Gasteiger charge is 2.18. The minimum atomic E-state index is -0.205. The van der Waals surface area contributed by atoms with Crippen LogP contribution in [0.5, 0.6) is 17.2 Å². The molecule has 0 aliphatic carbocycles. The Balaban J connectivity index is 1.81. The molecule has 3 rings (SSSR count). The number of H-pyrrole nitrogens is 1. The average molecular weight is 382 g/mol. The fourth-order valence-electron chi connectivity index (χ4n) is 3.03. The third-order valence-electron chi connectivity index (χ3n) is 4.20. The Morgan fingerprint density at radius 1 is 0.929 bits per heavy atom. The van der Waals surface area contributed by atoms with Gasteiger partial charge in [-0.05, 0) is 50.4 Å². The Morgan fingerprint density at radius 2 is 1.57 bits per heavy atom. The first kappa shape index (κ1) is 19.6. The quantitative estimate of drug-likeness (QED) is 0.579. The van der Waals surface area contributed by atoms with Crippen LogP contribution >= 0.6 is 0 Å². The molecule has 1 amide bonds. The van der Waals surface area contributed by atoms with Gasteiger partial charge in [0.2, 0.25) is 5.75 Å². The Kier molecular flexibility index (Phi) is 6.42. The Bertz CT molecular complexity index is 889. The number of hydrogen-bond acceptors (Lipinski definition) is 4. The molecule has 28 heavy (non-hydrogen) atoms. The van der Waals surface area contributed by atoms with Gasteiger partial charge in [0.1, 0.15) is 0 Å². The average Bonchev–Trinajstić information content (AvgIpc) is 3.11. The molecule has 0 aliphatic heterocycles. The number of fused-ring (bicyclic) bond motifs is 1. The number of para-hydroxylation sites is 1. The molecule has 0 spiro atoms. The van der Waals surface area contributed by atoms with Gasteiger partial charge in [0, 0.05) is 16.8 Å². The fourth-order valence-corrected chi connectivity index (χ4v) is 3.03. The highest BCUT2D eigenvalue weighted by Crippen LogP contribution is 2.39. The molecule has 2 N–H and O–H groups in total. The molecular formula is C22H26N2O4. The van der Waals surface area contributed by atoms with E-state index in [1.165, 1.54) is 0 Å². The van der Waals surface area contributed by atoms with Crippen LogP contribution in [0, 0.1) is 0 Å². The molecule has 0 saturated carbocycles. The summed E-state index contributed by atoms with van der Waals surface area (Å²) in [5.41, 5.74) is 2.45. The van der Waals surface area contributed by atoms with Crippen LogP contribution in [0.1, 0.15) is 36.8 Å². The molecule has 6 heteroatoms. The number of benzene rings is 2. The molecule has 2 aromatic carbocycles. The lowest BCUT2D eigenvalue weighted by molar-refractivity contribution is 0.0949. The molecule has 0 fully saturated rings. The molecule has 148 valence electrons. The second kappa shape index (κ2) is 9.17. The molecule has 0 bridgehead atoms. The Labute approximate surface area is 164 Å². The van der Waals surface area contributed by atoms with Crippen molar-refractivity contribution >= 4 is 16.8 Å². The number of carbonyl (C=O) groups is 1. The van der Waals surface area contributed by atoms with Gasteiger partial charge in [0.05, 0.1) is 26.4 Å². The SMILES string of the molecule is CCOc1cc(C(=O)NCc2cc3ccccc3[nH]2)cc(OCC)c1OCC. The first-order valence-corrected chi connectivity index (χ1v) is 9.57. The molecule has 3 aromatic rings. The van der Waals surface area contributed by atoms with E-state index < -0.39 is 0 Å². The van der Waals surface area contributed by atoms with E-state index in [1.807, 2.05) is 51.1 Å². The first-order chi connectivity index (χ1) is 13.7. The van der Waals surface area contributed by atoms with Gasteiger partial charge in [0.15, 0.2) is 11.5 Å². The molecule has 0 aliphatic rings. The van der Waals surface area contributed by atoms with E-state index >= 15 is 0 Å². The van der Waals surface area contributed by atoms with Crippen LogP contribution in [0.15, 0.2) is 42.5 Å². The van der Waals surface area contributed by atoms with Crippen LogP contribution in [-0.2, 0) is 6.54 Å². The van der Waals surface area contributed by atoms with E-state index in [1.54, 1.807) is 12.1 Å². The summed E-state index contributed by atoms with van der Waals surface area (Å²) in [4.78, 5) is 16.0. The number of carbonyl (C=O) groups excluding carboxylic acids is 1. The lowest BCUT2D eigenvalue weighted by atomic mass is 10.1. The van der Waals surface area contributed by atoms with Gasteiger partial charge in [0.25, 0.3) is 5.91 Å². The standard InChI is InChI=1S/C22H26N2O4/c1-4-26-19-12-16(13-20(27-5-2)21(19)28-6-3)22(25)23-14-17-11-15-9-7-8-10-18(15)24-17/h7-13,24H,4-6,14H2,1-3H3,(H,23,25). The van der Waals surface area contributed by atoms with Crippen molar-refractivity contribution in [2.75, 3.05) is 19.8 Å².